The van der Waals surface area contributed by atoms with E-state index in [0.29, 0.717) is 17.0 Å². The third-order valence-corrected chi connectivity index (χ3v) is 7.23. The molecule has 2 aromatic carbocycles. The van der Waals surface area contributed by atoms with Gasteiger partial charge in [0, 0.05) is 47.2 Å². The lowest BCUT2D eigenvalue weighted by molar-refractivity contribution is -0.0799. The van der Waals surface area contributed by atoms with Crippen LogP contribution < -0.4 is 4.74 Å². The topological polar surface area (TPSA) is 65.6 Å². The van der Waals surface area contributed by atoms with Gasteiger partial charge in [-0.05, 0) is 55.2 Å². The van der Waals surface area contributed by atoms with Crippen LogP contribution in [0.2, 0.25) is 0 Å². The van der Waals surface area contributed by atoms with Crippen LogP contribution in [0.3, 0.4) is 0 Å². The van der Waals surface area contributed by atoms with Crippen LogP contribution in [0.25, 0.3) is 10.9 Å². The second-order valence-electron chi connectivity index (χ2n) is 8.94. The second kappa shape index (κ2) is 7.17. The molecule has 1 spiro atoms. The monoisotopic (exact) mass is 404 g/mol. The minimum absolute atomic E-state index is 0.319. The van der Waals surface area contributed by atoms with Crippen molar-refractivity contribution < 1.29 is 14.6 Å². The number of fused-ring (bicyclic) bond motifs is 1. The van der Waals surface area contributed by atoms with Crippen molar-refractivity contribution >= 4 is 16.9 Å². The van der Waals surface area contributed by atoms with E-state index >= 15 is 0 Å². The second-order valence-corrected chi connectivity index (χ2v) is 8.94. The number of carbonyl (C=O) groups is 1. The van der Waals surface area contributed by atoms with Gasteiger partial charge in [-0.25, -0.2) is 4.79 Å². The Hall–Kier alpha value is -2.79. The number of nitrogens with one attached hydrogen (secondary N) is 1. The molecule has 5 rings (SSSR count). The smallest absolute Gasteiger partial charge is 0.335 e. The number of benzene rings is 2. The van der Waals surface area contributed by atoms with Crippen LogP contribution in [0.1, 0.15) is 58.8 Å². The molecular formula is C25H28N2O3. The van der Waals surface area contributed by atoms with Gasteiger partial charge in [0.15, 0.2) is 0 Å². The van der Waals surface area contributed by atoms with Crippen LogP contribution in [-0.2, 0) is 6.54 Å². The highest BCUT2D eigenvalue weighted by atomic mass is 16.5. The highest BCUT2D eigenvalue weighted by molar-refractivity contribution is 5.88. The number of carboxylic acids is 1. The predicted molar refractivity (Wildman–Crippen MR) is 117 cm³/mol. The summed E-state index contributed by atoms with van der Waals surface area (Å²) in [6.45, 7) is 4.02. The van der Waals surface area contributed by atoms with Crippen molar-refractivity contribution in [2.24, 2.45) is 5.41 Å². The molecule has 0 amide bonds. The molecule has 1 saturated carbocycles. The molecule has 156 valence electrons. The lowest BCUT2D eigenvalue weighted by Crippen LogP contribution is -2.56. The number of likely N-dealkylation sites (tertiary alicyclic amines) is 1. The van der Waals surface area contributed by atoms with E-state index in [1.165, 1.54) is 53.3 Å². The SMILES string of the molecule is COc1cc(C)c2[nH]ccc2c1CN1CC2(CCCC2)[C@H]1c1ccc(C(=O)O)cc1. The molecule has 0 bridgehead atoms. The van der Waals surface area contributed by atoms with Gasteiger partial charge in [-0.15, -0.1) is 0 Å². The Morgan fingerprint density at radius 2 is 1.97 bits per heavy atom. The predicted octanol–water partition coefficient (Wildman–Crippen LogP) is 5.30. The van der Waals surface area contributed by atoms with Crippen LogP contribution in [-0.4, -0.2) is 34.6 Å². The first-order chi connectivity index (χ1) is 14.5. The number of carboxylic acid groups (broad SMARTS) is 1. The van der Waals surface area contributed by atoms with E-state index in [9.17, 15) is 9.90 Å². The summed E-state index contributed by atoms with van der Waals surface area (Å²) in [5.41, 5.74) is 5.47. The zero-order valence-electron chi connectivity index (χ0n) is 17.6. The molecule has 0 unspecified atom stereocenters. The molecule has 1 saturated heterocycles. The molecule has 1 aliphatic heterocycles. The molecule has 30 heavy (non-hydrogen) atoms. The Morgan fingerprint density at radius 1 is 1.23 bits per heavy atom. The van der Waals surface area contributed by atoms with Gasteiger partial charge in [0.2, 0.25) is 0 Å². The van der Waals surface area contributed by atoms with Gasteiger partial charge in [-0.3, -0.25) is 4.90 Å². The molecule has 2 fully saturated rings. The number of rotatable bonds is 5. The van der Waals surface area contributed by atoms with Crippen molar-refractivity contribution in [2.75, 3.05) is 13.7 Å². The average Bonchev–Trinajstić information content (AvgIpc) is 3.40. The zero-order valence-corrected chi connectivity index (χ0v) is 17.6. The number of H-pyrrole nitrogens is 1. The maximum absolute atomic E-state index is 11.3. The molecule has 2 aliphatic rings. The molecule has 1 aliphatic carbocycles. The van der Waals surface area contributed by atoms with Crippen LogP contribution in [0.4, 0.5) is 0 Å². The van der Waals surface area contributed by atoms with Crippen molar-refractivity contribution in [1.82, 2.24) is 9.88 Å². The van der Waals surface area contributed by atoms with Gasteiger partial charge in [0.1, 0.15) is 5.75 Å². The summed E-state index contributed by atoms with van der Waals surface area (Å²) in [5, 5.41) is 10.5. The first kappa shape index (κ1) is 19.2. The lowest BCUT2D eigenvalue weighted by Gasteiger charge is -2.57. The maximum atomic E-state index is 11.3. The zero-order chi connectivity index (χ0) is 20.9. The highest BCUT2D eigenvalue weighted by Gasteiger charge is 2.54. The molecule has 0 radical (unpaired) electrons. The average molecular weight is 405 g/mol. The quantitative estimate of drug-likeness (QED) is 0.606. The molecule has 5 heteroatoms. The van der Waals surface area contributed by atoms with Gasteiger partial charge in [0.05, 0.1) is 12.7 Å². The van der Waals surface area contributed by atoms with Gasteiger partial charge in [-0.1, -0.05) is 25.0 Å². The van der Waals surface area contributed by atoms with Gasteiger partial charge < -0.3 is 14.8 Å². The molecular weight excluding hydrogens is 376 g/mol. The third-order valence-electron chi connectivity index (χ3n) is 7.23. The van der Waals surface area contributed by atoms with Crippen molar-refractivity contribution in [2.45, 2.75) is 45.2 Å². The number of nitrogens with zero attached hydrogens (tertiary/aromatic N) is 1. The van der Waals surface area contributed by atoms with E-state index in [1.54, 1.807) is 19.2 Å². The number of ether oxygens (including phenoxy) is 1. The summed E-state index contributed by atoms with van der Waals surface area (Å²) in [7, 11) is 1.74. The van der Waals surface area contributed by atoms with Crippen LogP contribution in [0.5, 0.6) is 5.75 Å². The van der Waals surface area contributed by atoms with Crippen LogP contribution in [0.15, 0.2) is 42.6 Å². The Bertz CT molecular complexity index is 1090. The number of hydrogen-bond donors (Lipinski definition) is 2. The van der Waals surface area contributed by atoms with Crippen molar-refractivity contribution in [3.05, 3.63) is 64.8 Å². The lowest BCUT2D eigenvalue weighted by atomic mass is 9.67. The van der Waals surface area contributed by atoms with Crippen molar-refractivity contribution in [1.29, 1.82) is 0 Å². The molecule has 5 nitrogen and oxygen atoms in total. The minimum Gasteiger partial charge on any atom is -0.496 e. The van der Waals surface area contributed by atoms with E-state index in [4.69, 9.17) is 4.74 Å². The van der Waals surface area contributed by atoms with Crippen molar-refractivity contribution in [3.63, 3.8) is 0 Å². The fourth-order valence-electron chi connectivity index (χ4n) is 5.87. The number of aromatic carboxylic acids is 1. The van der Waals surface area contributed by atoms with Gasteiger partial charge in [-0.2, -0.15) is 0 Å². The Morgan fingerprint density at radius 3 is 2.63 bits per heavy atom. The number of methoxy groups -OCH3 is 1. The standard InChI is InChI=1S/C25H28N2O3/c1-16-13-21(30-2)20(19-9-12-26-22(16)19)14-27-15-25(10-3-4-11-25)23(27)17-5-7-18(8-6-17)24(28)29/h5-9,12-13,23,26H,3-4,10-11,14-15H2,1-2H3,(H,28,29)/t23-/m1/s1. The van der Waals surface area contributed by atoms with E-state index < -0.39 is 5.97 Å². The molecule has 1 atom stereocenters. The van der Waals surface area contributed by atoms with Gasteiger partial charge >= 0.3 is 5.97 Å². The number of aromatic amines is 1. The molecule has 3 aromatic rings. The highest BCUT2D eigenvalue weighted by Crippen LogP contribution is 2.58. The summed E-state index contributed by atoms with van der Waals surface area (Å²) in [6, 6.07) is 12.1. The van der Waals surface area contributed by atoms with E-state index in [2.05, 4.69) is 28.9 Å². The van der Waals surface area contributed by atoms with E-state index in [-0.39, 0.29) is 0 Å². The van der Waals surface area contributed by atoms with Crippen LogP contribution >= 0.6 is 0 Å². The summed E-state index contributed by atoms with van der Waals surface area (Å²) in [4.78, 5) is 17.2. The summed E-state index contributed by atoms with van der Waals surface area (Å²) < 4.78 is 5.77. The summed E-state index contributed by atoms with van der Waals surface area (Å²) in [5.74, 6) is 0.0637. The Labute approximate surface area is 176 Å². The molecule has 2 N–H and O–H groups in total. The van der Waals surface area contributed by atoms with E-state index in [1.807, 2.05) is 18.3 Å². The molecule has 1 aromatic heterocycles. The Balaban J connectivity index is 1.51. The normalized spacial score (nSPS) is 20.5. The third kappa shape index (κ3) is 2.91. The largest absolute Gasteiger partial charge is 0.496 e. The fourth-order valence-corrected chi connectivity index (χ4v) is 5.87. The Kier molecular flexibility index (Phi) is 4.58. The number of aryl methyl sites for hydroxylation is 1. The first-order valence-electron chi connectivity index (χ1n) is 10.7. The number of aromatic nitrogens is 1. The first-order valence-corrected chi connectivity index (χ1v) is 10.7. The van der Waals surface area contributed by atoms with Crippen molar-refractivity contribution in [3.8, 4) is 5.75 Å². The van der Waals surface area contributed by atoms with Gasteiger partial charge in [0.25, 0.3) is 0 Å². The minimum atomic E-state index is -0.873. The fraction of sp³-hybridized carbons (Fsp3) is 0.400. The van der Waals surface area contributed by atoms with Crippen LogP contribution in [0, 0.1) is 12.3 Å². The molecule has 2 heterocycles. The maximum Gasteiger partial charge on any atom is 0.335 e. The summed E-state index contributed by atoms with van der Waals surface area (Å²) in [6.07, 6.45) is 7.07. The summed E-state index contributed by atoms with van der Waals surface area (Å²) >= 11 is 0. The van der Waals surface area contributed by atoms with E-state index in [0.717, 1.165) is 18.8 Å². The number of hydrogen-bond acceptors (Lipinski definition) is 3.